The van der Waals surface area contributed by atoms with Gasteiger partial charge in [-0.1, -0.05) is 23.7 Å². The van der Waals surface area contributed by atoms with Crippen LogP contribution >= 0.6 is 11.6 Å². The van der Waals surface area contributed by atoms with Crippen molar-refractivity contribution in [1.29, 1.82) is 0 Å². The van der Waals surface area contributed by atoms with Gasteiger partial charge in [0.2, 0.25) is 5.88 Å². The molecule has 2 aliphatic rings. The number of carbonyl (C=O) groups is 1. The van der Waals surface area contributed by atoms with E-state index in [9.17, 15) is 9.18 Å². The van der Waals surface area contributed by atoms with Crippen LogP contribution in [0.3, 0.4) is 0 Å². The Kier molecular flexibility index (Phi) is 8.18. The molecule has 8 nitrogen and oxygen atoms in total. The molecule has 4 heterocycles. The SMILES string of the molecule is COC(=O)c1ccc2nc(CN3CCC(c4cccnc4OCc4ccc(Cl)cc4F)CC3)n(C[C@@H]3CCO3)c2c1. The van der Waals surface area contributed by atoms with Crippen molar-refractivity contribution in [3.63, 3.8) is 0 Å². The van der Waals surface area contributed by atoms with Gasteiger partial charge in [0.15, 0.2) is 0 Å². The summed E-state index contributed by atoms with van der Waals surface area (Å²) in [5, 5.41) is 0.356. The van der Waals surface area contributed by atoms with E-state index >= 15 is 0 Å². The first kappa shape index (κ1) is 27.6. The number of imidazole rings is 1. The van der Waals surface area contributed by atoms with Crippen LogP contribution in [0.2, 0.25) is 5.02 Å². The van der Waals surface area contributed by atoms with E-state index in [0.29, 0.717) is 35.1 Å². The molecule has 0 N–H and O–H groups in total. The number of rotatable bonds is 9. The minimum Gasteiger partial charge on any atom is -0.472 e. The summed E-state index contributed by atoms with van der Waals surface area (Å²) in [6.45, 7) is 4.06. The van der Waals surface area contributed by atoms with Gasteiger partial charge >= 0.3 is 5.97 Å². The molecule has 2 aromatic carbocycles. The van der Waals surface area contributed by atoms with Gasteiger partial charge < -0.3 is 18.8 Å². The Hall–Kier alpha value is -3.53. The summed E-state index contributed by atoms with van der Waals surface area (Å²) in [6, 6.07) is 14.1. The maximum Gasteiger partial charge on any atom is 0.337 e. The molecule has 41 heavy (non-hydrogen) atoms. The van der Waals surface area contributed by atoms with Crippen molar-refractivity contribution in [2.45, 2.75) is 51.0 Å². The highest BCUT2D eigenvalue weighted by atomic mass is 35.5. The Morgan fingerprint density at radius 3 is 2.71 bits per heavy atom. The van der Waals surface area contributed by atoms with E-state index < -0.39 is 0 Å². The number of benzene rings is 2. The third kappa shape index (κ3) is 6.07. The molecule has 10 heteroatoms. The molecule has 214 valence electrons. The lowest BCUT2D eigenvalue weighted by atomic mass is 9.90. The third-order valence-electron chi connectivity index (χ3n) is 8.00. The van der Waals surface area contributed by atoms with Crippen molar-refractivity contribution in [3.8, 4) is 5.88 Å². The van der Waals surface area contributed by atoms with E-state index in [4.69, 9.17) is 30.8 Å². The highest BCUT2D eigenvalue weighted by Gasteiger charge is 2.27. The summed E-state index contributed by atoms with van der Waals surface area (Å²) in [5.41, 5.74) is 3.77. The van der Waals surface area contributed by atoms with Gasteiger partial charge in [-0.3, -0.25) is 4.90 Å². The van der Waals surface area contributed by atoms with Gasteiger partial charge in [0, 0.05) is 29.0 Å². The van der Waals surface area contributed by atoms with Crippen LogP contribution < -0.4 is 4.74 Å². The predicted molar refractivity (Wildman–Crippen MR) is 153 cm³/mol. The Balaban J connectivity index is 1.14. The van der Waals surface area contributed by atoms with Gasteiger partial charge in [0.05, 0.1) is 42.9 Å². The number of methoxy groups -OCH3 is 1. The number of esters is 1. The summed E-state index contributed by atoms with van der Waals surface area (Å²) in [6.07, 6.45) is 4.75. The number of piperidine rings is 1. The molecular formula is C31H32ClFN4O4. The molecule has 1 atom stereocenters. The molecule has 2 aliphatic heterocycles. The van der Waals surface area contributed by atoms with Crippen LogP contribution in [0.1, 0.15) is 52.5 Å². The summed E-state index contributed by atoms with van der Waals surface area (Å²) >= 11 is 5.88. The number of carbonyl (C=O) groups excluding carboxylic acids is 1. The zero-order valence-corrected chi connectivity index (χ0v) is 23.6. The molecule has 2 saturated heterocycles. The largest absolute Gasteiger partial charge is 0.472 e. The third-order valence-corrected chi connectivity index (χ3v) is 8.24. The van der Waals surface area contributed by atoms with Crippen LogP contribution in [-0.2, 0) is 29.2 Å². The molecule has 0 saturated carbocycles. The van der Waals surface area contributed by atoms with E-state index in [0.717, 1.165) is 61.4 Å². The lowest BCUT2D eigenvalue weighted by Gasteiger charge is -2.33. The molecule has 0 aliphatic carbocycles. The number of nitrogens with zero attached hydrogens (tertiary/aromatic N) is 4. The van der Waals surface area contributed by atoms with E-state index in [2.05, 4.69) is 20.5 Å². The van der Waals surface area contributed by atoms with E-state index in [1.165, 1.54) is 13.2 Å². The highest BCUT2D eigenvalue weighted by molar-refractivity contribution is 6.30. The number of likely N-dealkylation sites (tertiary alicyclic amines) is 1. The fourth-order valence-corrected chi connectivity index (χ4v) is 5.75. The zero-order chi connectivity index (χ0) is 28.3. The molecule has 0 radical (unpaired) electrons. The first-order valence-electron chi connectivity index (χ1n) is 13.9. The van der Waals surface area contributed by atoms with E-state index in [1.807, 2.05) is 18.2 Å². The van der Waals surface area contributed by atoms with Gasteiger partial charge in [0.1, 0.15) is 18.2 Å². The van der Waals surface area contributed by atoms with Crippen LogP contribution in [0.15, 0.2) is 54.7 Å². The Morgan fingerprint density at radius 1 is 1.15 bits per heavy atom. The number of halogens is 2. The lowest BCUT2D eigenvalue weighted by molar-refractivity contribution is -0.0592. The zero-order valence-electron chi connectivity index (χ0n) is 22.9. The molecular weight excluding hydrogens is 547 g/mol. The molecule has 0 unspecified atom stereocenters. The van der Waals surface area contributed by atoms with Gasteiger partial charge in [-0.05, 0) is 74.7 Å². The number of hydrogen-bond donors (Lipinski definition) is 0. The molecule has 2 aromatic heterocycles. The Bertz CT molecular complexity index is 1550. The Morgan fingerprint density at radius 2 is 1.98 bits per heavy atom. The van der Waals surface area contributed by atoms with Crippen molar-refractivity contribution in [2.75, 3.05) is 26.8 Å². The summed E-state index contributed by atoms with van der Waals surface area (Å²) in [5.74, 6) is 1.05. The Labute approximate surface area is 243 Å². The maximum absolute atomic E-state index is 14.3. The first-order chi connectivity index (χ1) is 20.0. The topological polar surface area (TPSA) is 78.7 Å². The standard InChI is InChI=1S/C31H32ClFN4O4/c1-39-31(38)21-5-7-27-28(15-21)37(17-24-10-14-40-24)29(35-27)18-36-12-8-20(9-13-36)25-3-2-11-34-30(25)41-19-22-4-6-23(32)16-26(22)33/h2-7,11,15-16,20,24H,8-10,12-14,17-19H2,1H3/t24-/m0/s1. The molecule has 0 amide bonds. The van der Waals surface area contributed by atoms with Crippen molar-refractivity contribution in [1.82, 2.24) is 19.4 Å². The van der Waals surface area contributed by atoms with Gasteiger partial charge in [-0.2, -0.15) is 0 Å². The summed E-state index contributed by atoms with van der Waals surface area (Å²) in [7, 11) is 1.39. The molecule has 0 spiro atoms. The second-order valence-corrected chi connectivity index (χ2v) is 11.0. The number of aromatic nitrogens is 3. The lowest BCUT2D eigenvalue weighted by Crippen LogP contribution is -2.35. The summed E-state index contributed by atoms with van der Waals surface area (Å²) < 4.78 is 33.1. The molecule has 2 fully saturated rings. The minimum atomic E-state index is -0.389. The minimum absolute atomic E-state index is 0.0878. The number of pyridine rings is 1. The van der Waals surface area contributed by atoms with Crippen molar-refractivity contribution < 1.29 is 23.4 Å². The number of ether oxygens (including phenoxy) is 3. The maximum atomic E-state index is 14.3. The van der Waals surface area contributed by atoms with Gasteiger partial charge in [0.25, 0.3) is 0 Å². The predicted octanol–water partition coefficient (Wildman–Crippen LogP) is 5.76. The van der Waals surface area contributed by atoms with Crippen LogP contribution in [0.25, 0.3) is 11.0 Å². The average molecular weight is 579 g/mol. The highest BCUT2D eigenvalue weighted by Crippen LogP contribution is 2.34. The second kappa shape index (κ2) is 12.1. The number of hydrogen-bond acceptors (Lipinski definition) is 7. The fourth-order valence-electron chi connectivity index (χ4n) is 5.60. The quantitative estimate of drug-likeness (QED) is 0.234. The average Bonchev–Trinajstić information content (AvgIpc) is 3.30. The van der Waals surface area contributed by atoms with Gasteiger partial charge in [-0.15, -0.1) is 0 Å². The van der Waals surface area contributed by atoms with E-state index in [1.54, 1.807) is 24.4 Å². The monoisotopic (exact) mass is 578 g/mol. The molecule has 4 aromatic rings. The first-order valence-corrected chi connectivity index (χ1v) is 14.3. The van der Waals surface area contributed by atoms with Gasteiger partial charge in [-0.25, -0.2) is 19.2 Å². The second-order valence-electron chi connectivity index (χ2n) is 10.6. The molecule has 0 bridgehead atoms. The van der Waals surface area contributed by atoms with Crippen molar-refractivity contribution in [3.05, 3.63) is 88.1 Å². The number of fused-ring (bicyclic) bond motifs is 1. The normalized spacial score (nSPS) is 17.9. The van der Waals surface area contributed by atoms with Crippen molar-refractivity contribution >= 4 is 28.6 Å². The van der Waals surface area contributed by atoms with Crippen LogP contribution in [0.5, 0.6) is 5.88 Å². The molecule has 6 rings (SSSR count). The van der Waals surface area contributed by atoms with Crippen molar-refractivity contribution in [2.24, 2.45) is 0 Å². The van der Waals surface area contributed by atoms with Crippen LogP contribution in [0, 0.1) is 5.82 Å². The fraction of sp³-hybridized carbons (Fsp3) is 0.387. The van der Waals surface area contributed by atoms with E-state index in [-0.39, 0.29) is 30.4 Å². The van der Waals surface area contributed by atoms with Crippen LogP contribution in [-0.4, -0.2) is 58.3 Å². The summed E-state index contributed by atoms with van der Waals surface area (Å²) in [4.78, 5) is 24.0. The smallest absolute Gasteiger partial charge is 0.337 e. The van der Waals surface area contributed by atoms with Crippen LogP contribution in [0.4, 0.5) is 4.39 Å².